The van der Waals surface area contributed by atoms with E-state index in [-0.39, 0.29) is 5.69 Å². The maximum absolute atomic E-state index is 11.9. The first kappa shape index (κ1) is 12.0. The normalized spacial score (nSPS) is 11.2. The van der Waals surface area contributed by atoms with Crippen molar-refractivity contribution in [2.45, 2.75) is 11.5 Å². The summed E-state index contributed by atoms with van der Waals surface area (Å²) in [7, 11) is 0. The monoisotopic (exact) mass is 281 g/mol. The van der Waals surface area contributed by atoms with Crippen LogP contribution in [0.1, 0.15) is 5.56 Å². The molecule has 0 radical (unpaired) electrons. The fraction of sp³-hybridized carbons (Fsp3) is 0.222. The van der Waals surface area contributed by atoms with Crippen LogP contribution in [0.5, 0.6) is 0 Å². The van der Waals surface area contributed by atoms with E-state index in [1.165, 1.54) is 12.1 Å². The van der Waals surface area contributed by atoms with Gasteiger partial charge in [0.15, 0.2) is 0 Å². The molecule has 0 spiro atoms. The number of benzene rings is 1. The van der Waals surface area contributed by atoms with Crippen molar-refractivity contribution < 1.29 is 18.0 Å². The van der Waals surface area contributed by atoms with Crippen molar-refractivity contribution in [3.8, 4) is 0 Å². The van der Waals surface area contributed by atoms with Crippen LogP contribution in [-0.4, -0.2) is 12.1 Å². The third kappa shape index (κ3) is 3.54. The quantitative estimate of drug-likeness (QED) is 0.830. The molecule has 0 aliphatic heterocycles. The van der Waals surface area contributed by atoms with Crippen LogP contribution >= 0.6 is 15.9 Å². The first-order chi connectivity index (χ1) is 6.93. The van der Waals surface area contributed by atoms with Gasteiger partial charge >= 0.3 is 12.1 Å². The van der Waals surface area contributed by atoms with Gasteiger partial charge in [-0.3, -0.25) is 4.79 Å². The van der Waals surface area contributed by atoms with Crippen molar-refractivity contribution in [1.82, 2.24) is 0 Å². The summed E-state index contributed by atoms with van der Waals surface area (Å²) >= 11 is 3.20. The Morgan fingerprint density at radius 3 is 2.20 bits per heavy atom. The van der Waals surface area contributed by atoms with Gasteiger partial charge in [-0.05, 0) is 17.7 Å². The standard InChI is InChI=1S/C9H7BrF3NO/c10-5-6-1-3-7(4-2-6)14-8(15)9(11,12)13/h1-4H,5H2,(H,14,15). The molecule has 0 aromatic heterocycles. The number of alkyl halides is 4. The highest BCUT2D eigenvalue weighted by Gasteiger charge is 2.38. The lowest BCUT2D eigenvalue weighted by Gasteiger charge is -2.07. The topological polar surface area (TPSA) is 29.1 Å². The van der Waals surface area contributed by atoms with Crippen molar-refractivity contribution in [3.63, 3.8) is 0 Å². The van der Waals surface area contributed by atoms with Crippen LogP contribution < -0.4 is 5.32 Å². The lowest BCUT2D eigenvalue weighted by Crippen LogP contribution is -2.29. The summed E-state index contributed by atoms with van der Waals surface area (Å²) in [6, 6.07) is 6.09. The highest BCUT2D eigenvalue weighted by atomic mass is 79.9. The molecular formula is C9H7BrF3NO. The maximum atomic E-state index is 11.9. The van der Waals surface area contributed by atoms with Crippen molar-refractivity contribution >= 4 is 27.5 Å². The van der Waals surface area contributed by atoms with E-state index in [1.807, 2.05) is 0 Å². The number of halogens is 4. The highest BCUT2D eigenvalue weighted by Crippen LogP contribution is 2.18. The molecule has 0 aliphatic rings. The van der Waals surface area contributed by atoms with Gasteiger partial charge in [0.1, 0.15) is 0 Å². The maximum Gasteiger partial charge on any atom is 0.471 e. The number of nitrogens with one attached hydrogen (secondary N) is 1. The zero-order valence-corrected chi connectivity index (χ0v) is 9.02. The molecule has 0 aliphatic carbocycles. The van der Waals surface area contributed by atoms with Crippen LogP contribution in [0.15, 0.2) is 24.3 Å². The molecule has 2 nitrogen and oxygen atoms in total. The number of carbonyl (C=O) groups excluding carboxylic acids is 1. The van der Waals surface area contributed by atoms with Crippen molar-refractivity contribution in [2.24, 2.45) is 0 Å². The van der Waals surface area contributed by atoms with Crippen LogP contribution in [-0.2, 0) is 10.1 Å². The van der Waals surface area contributed by atoms with Gasteiger partial charge in [0, 0.05) is 11.0 Å². The van der Waals surface area contributed by atoms with Gasteiger partial charge in [0.25, 0.3) is 0 Å². The summed E-state index contributed by atoms with van der Waals surface area (Å²) in [6.45, 7) is 0. The van der Waals surface area contributed by atoms with E-state index >= 15 is 0 Å². The second-order valence-corrected chi connectivity index (χ2v) is 3.34. The number of anilines is 1. The van der Waals surface area contributed by atoms with Gasteiger partial charge in [-0.25, -0.2) is 0 Å². The van der Waals surface area contributed by atoms with Gasteiger partial charge in [-0.1, -0.05) is 28.1 Å². The van der Waals surface area contributed by atoms with Crippen LogP contribution in [0.2, 0.25) is 0 Å². The number of carbonyl (C=O) groups is 1. The first-order valence-corrected chi connectivity index (χ1v) is 5.08. The summed E-state index contributed by atoms with van der Waals surface area (Å²) in [5, 5.41) is 2.37. The van der Waals surface area contributed by atoms with E-state index in [9.17, 15) is 18.0 Å². The number of rotatable bonds is 2. The second kappa shape index (κ2) is 4.65. The number of hydrogen-bond acceptors (Lipinski definition) is 1. The molecule has 6 heteroatoms. The molecule has 1 amide bonds. The van der Waals surface area contributed by atoms with Crippen LogP contribution in [0.4, 0.5) is 18.9 Å². The zero-order valence-electron chi connectivity index (χ0n) is 7.44. The molecule has 0 heterocycles. The Hall–Kier alpha value is -1.04. The zero-order chi connectivity index (χ0) is 11.5. The minimum Gasteiger partial charge on any atom is -0.318 e. The Morgan fingerprint density at radius 2 is 1.80 bits per heavy atom. The minimum absolute atomic E-state index is 0.127. The van der Waals surface area contributed by atoms with Gasteiger partial charge in [-0.15, -0.1) is 0 Å². The summed E-state index contributed by atoms with van der Waals surface area (Å²) in [4.78, 5) is 10.5. The fourth-order valence-electron chi connectivity index (χ4n) is 0.879. The predicted octanol–water partition coefficient (Wildman–Crippen LogP) is 3.08. The fourth-order valence-corrected chi connectivity index (χ4v) is 1.25. The summed E-state index contributed by atoms with van der Waals surface area (Å²) in [6.07, 6.45) is -4.85. The molecule has 0 saturated carbocycles. The van der Waals surface area contributed by atoms with Crippen molar-refractivity contribution in [2.75, 3.05) is 5.32 Å². The Bertz CT molecular complexity index is 347. The molecule has 82 valence electrons. The van der Waals surface area contributed by atoms with E-state index in [2.05, 4.69) is 15.9 Å². The number of amides is 1. The van der Waals surface area contributed by atoms with Gasteiger partial charge in [0.2, 0.25) is 0 Å². The Balaban J connectivity index is 2.70. The van der Waals surface area contributed by atoms with Crippen molar-refractivity contribution in [1.29, 1.82) is 0 Å². The van der Waals surface area contributed by atoms with Crippen LogP contribution in [0, 0.1) is 0 Å². The molecule has 15 heavy (non-hydrogen) atoms. The largest absolute Gasteiger partial charge is 0.471 e. The third-order valence-corrected chi connectivity index (χ3v) is 2.27. The molecule has 0 bridgehead atoms. The molecule has 1 rings (SSSR count). The van der Waals surface area contributed by atoms with Crippen molar-refractivity contribution in [3.05, 3.63) is 29.8 Å². The average Bonchev–Trinajstić information content (AvgIpc) is 2.17. The third-order valence-electron chi connectivity index (χ3n) is 1.62. The second-order valence-electron chi connectivity index (χ2n) is 2.78. The molecule has 0 unspecified atom stereocenters. The van der Waals surface area contributed by atoms with E-state index in [1.54, 1.807) is 17.4 Å². The summed E-state index contributed by atoms with van der Waals surface area (Å²) in [5.74, 6) is -1.96. The summed E-state index contributed by atoms with van der Waals surface area (Å²) < 4.78 is 35.6. The van der Waals surface area contributed by atoms with E-state index in [0.29, 0.717) is 5.33 Å². The van der Waals surface area contributed by atoms with E-state index in [4.69, 9.17) is 0 Å². The summed E-state index contributed by atoms with van der Waals surface area (Å²) in [5.41, 5.74) is 1.04. The lowest BCUT2D eigenvalue weighted by molar-refractivity contribution is -0.167. The van der Waals surface area contributed by atoms with Crippen LogP contribution in [0.25, 0.3) is 0 Å². The molecule has 0 fully saturated rings. The van der Waals surface area contributed by atoms with Gasteiger partial charge in [-0.2, -0.15) is 13.2 Å². The van der Waals surface area contributed by atoms with Gasteiger partial charge < -0.3 is 5.32 Å². The van der Waals surface area contributed by atoms with Crippen LogP contribution in [0.3, 0.4) is 0 Å². The SMILES string of the molecule is O=C(Nc1ccc(CBr)cc1)C(F)(F)F. The predicted molar refractivity (Wildman–Crippen MR) is 53.8 cm³/mol. The molecule has 1 N–H and O–H groups in total. The van der Waals surface area contributed by atoms with E-state index in [0.717, 1.165) is 5.56 Å². The minimum atomic E-state index is -4.85. The molecule has 0 atom stereocenters. The molecule has 1 aromatic rings. The average molecular weight is 282 g/mol. The first-order valence-electron chi connectivity index (χ1n) is 3.96. The van der Waals surface area contributed by atoms with Gasteiger partial charge in [0.05, 0.1) is 0 Å². The Morgan fingerprint density at radius 1 is 1.27 bits per heavy atom. The smallest absolute Gasteiger partial charge is 0.318 e. The lowest BCUT2D eigenvalue weighted by atomic mass is 10.2. The molecule has 0 saturated heterocycles. The molecular weight excluding hydrogens is 275 g/mol. The van der Waals surface area contributed by atoms with E-state index < -0.39 is 12.1 Å². The Labute approximate surface area is 92.6 Å². The number of hydrogen-bond donors (Lipinski definition) is 1. The molecule has 1 aromatic carbocycles. The Kier molecular flexibility index (Phi) is 3.73. The highest BCUT2D eigenvalue weighted by molar-refractivity contribution is 9.08.